The number of nitrogens with one attached hydrogen (secondary N) is 1. The van der Waals surface area contributed by atoms with Gasteiger partial charge in [-0.25, -0.2) is 9.59 Å². The minimum atomic E-state index is -1.69. The molecule has 0 aromatic heterocycles. The smallest absolute Gasteiger partial charge is 0.412 e. The molecule has 5 nitrogen and oxygen atoms in total. The Morgan fingerprint density at radius 2 is 1.81 bits per heavy atom. The van der Waals surface area contributed by atoms with Gasteiger partial charge in [0.25, 0.3) is 0 Å². The second-order valence-electron chi connectivity index (χ2n) is 5.60. The maximum atomic E-state index is 11.8. The normalized spacial score (nSPS) is 11.7. The van der Waals surface area contributed by atoms with E-state index in [9.17, 15) is 9.59 Å². The van der Waals surface area contributed by atoms with E-state index in [0.717, 1.165) is 5.56 Å². The van der Waals surface area contributed by atoms with Crippen molar-refractivity contribution in [3.63, 3.8) is 0 Å². The van der Waals surface area contributed by atoms with Gasteiger partial charge in [0.15, 0.2) is 0 Å². The number of hydrogen-bond donors (Lipinski definition) is 1. The molecule has 0 unspecified atom stereocenters. The second kappa shape index (κ2) is 7.63. The number of methoxy groups -OCH3 is 1. The van der Waals surface area contributed by atoms with Crippen LogP contribution >= 0.6 is 0 Å². The number of carbonyl (C=O) groups excluding carboxylic acids is 2. The summed E-state index contributed by atoms with van der Waals surface area (Å²) in [6.45, 7) is 6.29. The number of amides is 1. The van der Waals surface area contributed by atoms with Crippen LogP contribution in [0.25, 0.3) is 0 Å². The van der Waals surface area contributed by atoms with Crippen molar-refractivity contribution in [2.24, 2.45) is 0 Å². The van der Waals surface area contributed by atoms with E-state index in [1.807, 2.05) is 50.0 Å². The predicted octanol–water partition coefficient (Wildman–Crippen LogP) is 2.85. The molecule has 0 atom stereocenters. The van der Waals surface area contributed by atoms with E-state index < -0.39 is 20.1 Å². The number of rotatable bonds is 5. The zero-order chi connectivity index (χ0) is 15.9. The molecule has 1 aromatic rings. The molecule has 0 fully saturated rings. The first-order chi connectivity index (χ1) is 9.81. The summed E-state index contributed by atoms with van der Waals surface area (Å²) < 4.78 is 9.75. The minimum absolute atomic E-state index is 0.134. The van der Waals surface area contributed by atoms with E-state index in [1.54, 1.807) is 5.70 Å². The van der Waals surface area contributed by atoms with Crippen LogP contribution < -0.4 is 5.32 Å². The standard InChI is InChI=1S/C15H21NO4Si/c1-19-14(17)13(11-21(2,3)4)16-15(18)20-10-12-8-6-5-7-9-12/h5-9,11H,10H2,1-4H3,(H,16,18)/b13-11+. The molecule has 0 bridgehead atoms. The van der Waals surface area contributed by atoms with Crippen molar-refractivity contribution < 1.29 is 19.1 Å². The second-order valence-corrected chi connectivity index (χ2v) is 10.6. The molecule has 114 valence electrons. The molecule has 0 heterocycles. The topological polar surface area (TPSA) is 64.6 Å². The number of alkyl carbamates (subject to hydrolysis) is 1. The first kappa shape index (κ1) is 17.0. The lowest BCUT2D eigenvalue weighted by molar-refractivity contribution is -0.136. The van der Waals surface area contributed by atoms with Gasteiger partial charge in [0, 0.05) is 0 Å². The molecule has 1 N–H and O–H groups in total. The number of benzene rings is 1. The summed E-state index contributed by atoms with van der Waals surface area (Å²) in [5.41, 5.74) is 2.78. The van der Waals surface area contributed by atoms with Crippen molar-refractivity contribution in [1.82, 2.24) is 5.32 Å². The molecule has 0 aliphatic rings. The van der Waals surface area contributed by atoms with Crippen LogP contribution in [0.5, 0.6) is 0 Å². The van der Waals surface area contributed by atoms with Crippen LogP contribution in [-0.2, 0) is 20.9 Å². The summed E-state index contributed by atoms with van der Waals surface area (Å²) in [4.78, 5) is 23.4. The molecule has 0 saturated heterocycles. The minimum Gasteiger partial charge on any atom is -0.464 e. The van der Waals surface area contributed by atoms with Crippen molar-refractivity contribution in [2.45, 2.75) is 26.2 Å². The number of hydrogen-bond acceptors (Lipinski definition) is 4. The molecule has 0 saturated carbocycles. The van der Waals surface area contributed by atoms with Crippen molar-refractivity contribution in [2.75, 3.05) is 7.11 Å². The van der Waals surface area contributed by atoms with Gasteiger partial charge in [0.1, 0.15) is 12.3 Å². The summed E-state index contributed by atoms with van der Waals surface area (Å²) in [5.74, 6) is -0.575. The molecule has 0 aliphatic carbocycles. The lowest BCUT2D eigenvalue weighted by Gasteiger charge is -2.14. The van der Waals surface area contributed by atoms with Crippen LogP contribution in [0.4, 0.5) is 4.79 Å². The molecule has 6 heteroatoms. The van der Waals surface area contributed by atoms with Crippen LogP contribution in [0.2, 0.25) is 19.6 Å². The number of esters is 1. The lowest BCUT2D eigenvalue weighted by Crippen LogP contribution is -2.32. The fourth-order valence-electron chi connectivity index (χ4n) is 1.56. The number of carbonyl (C=O) groups is 2. The Kier molecular flexibility index (Phi) is 6.17. The molecule has 0 aliphatic heterocycles. The SMILES string of the molecule is COC(=O)/C(=C\[Si](C)(C)C)NC(=O)OCc1ccccc1. The van der Waals surface area contributed by atoms with Gasteiger partial charge < -0.3 is 9.47 Å². The highest BCUT2D eigenvalue weighted by atomic mass is 28.3. The predicted molar refractivity (Wildman–Crippen MR) is 83.2 cm³/mol. The maximum Gasteiger partial charge on any atom is 0.412 e. The van der Waals surface area contributed by atoms with Gasteiger partial charge in [-0.2, -0.15) is 0 Å². The fourth-order valence-corrected chi connectivity index (χ4v) is 2.61. The first-order valence-electron chi connectivity index (χ1n) is 6.61. The zero-order valence-electron chi connectivity index (χ0n) is 12.8. The largest absolute Gasteiger partial charge is 0.464 e. The van der Waals surface area contributed by atoms with E-state index in [0.29, 0.717) is 0 Å². The van der Waals surface area contributed by atoms with Crippen molar-refractivity contribution in [3.8, 4) is 0 Å². The molecule has 0 spiro atoms. The highest BCUT2D eigenvalue weighted by Crippen LogP contribution is 2.07. The van der Waals surface area contributed by atoms with Crippen LogP contribution in [-0.4, -0.2) is 27.2 Å². The molecule has 0 radical (unpaired) electrons. The van der Waals surface area contributed by atoms with Crippen molar-refractivity contribution in [3.05, 3.63) is 47.3 Å². The Morgan fingerprint density at radius 3 is 2.33 bits per heavy atom. The van der Waals surface area contributed by atoms with Gasteiger partial charge in [-0.1, -0.05) is 55.7 Å². The Balaban J connectivity index is 2.65. The van der Waals surface area contributed by atoms with Crippen molar-refractivity contribution >= 4 is 20.1 Å². The van der Waals surface area contributed by atoms with E-state index >= 15 is 0 Å². The zero-order valence-corrected chi connectivity index (χ0v) is 13.8. The van der Waals surface area contributed by atoms with Crippen LogP contribution in [0.15, 0.2) is 41.7 Å². The van der Waals surface area contributed by atoms with Gasteiger partial charge in [-0.15, -0.1) is 0 Å². The average Bonchev–Trinajstić information content (AvgIpc) is 2.43. The lowest BCUT2D eigenvalue weighted by atomic mass is 10.2. The van der Waals surface area contributed by atoms with Crippen LogP contribution in [0, 0.1) is 0 Å². The third kappa shape index (κ3) is 6.76. The Hall–Kier alpha value is -2.08. The first-order valence-corrected chi connectivity index (χ1v) is 10.2. The van der Waals surface area contributed by atoms with Gasteiger partial charge in [-0.3, -0.25) is 5.32 Å². The Labute approximate surface area is 126 Å². The average molecular weight is 307 g/mol. The molecule has 1 rings (SSSR count). The van der Waals surface area contributed by atoms with E-state index in [4.69, 9.17) is 4.74 Å². The van der Waals surface area contributed by atoms with Crippen molar-refractivity contribution in [1.29, 1.82) is 0 Å². The fraction of sp³-hybridized carbons (Fsp3) is 0.333. The van der Waals surface area contributed by atoms with Gasteiger partial charge >= 0.3 is 12.1 Å². The van der Waals surface area contributed by atoms with E-state index in [2.05, 4.69) is 10.1 Å². The monoisotopic (exact) mass is 307 g/mol. The summed E-state index contributed by atoms with van der Waals surface area (Å²) in [6, 6.07) is 9.32. The quantitative estimate of drug-likeness (QED) is 0.516. The Bertz CT molecular complexity index is 520. The number of ether oxygens (including phenoxy) is 2. The van der Waals surface area contributed by atoms with Crippen LogP contribution in [0.1, 0.15) is 5.56 Å². The summed E-state index contributed by atoms with van der Waals surface area (Å²) >= 11 is 0. The molecule has 1 amide bonds. The van der Waals surface area contributed by atoms with E-state index in [1.165, 1.54) is 7.11 Å². The van der Waals surface area contributed by atoms with Gasteiger partial charge in [-0.05, 0) is 5.56 Å². The summed E-state index contributed by atoms with van der Waals surface area (Å²) in [6.07, 6.45) is -0.672. The third-order valence-corrected chi connectivity index (χ3v) is 3.59. The molecule has 1 aromatic carbocycles. The summed E-state index contributed by atoms with van der Waals surface area (Å²) in [5, 5.41) is 2.45. The maximum absolute atomic E-state index is 11.8. The molecular weight excluding hydrogens is 286 g/mol. The summed E-state index contributed by atoms with van der Waals surface area (Å²) in [7, 11) is -0.411. The molecule has 21 heavy (non-hydrogen) atoms. The molecular formula is C15H21NO4Si. The Morgan fingerprint density at radius 1 is 1.19 bits per heavy atom. The third-order valence-electron chi connectivity index (χ3n) is 2.43. The van der Waals surface area contributed by atoms with Crippen LogP contribution in [0.3, 0.4) is 0 Å². The van der Waals surface area contributed by atoms with Gasteiger partial charge in [0.05, 0.1) is 15.2 Å². The van der Waals surface area contributed by atoms with Gasteiger partial charge in [0.2, 0.25) is 0 Å². The highest BCUT2D eigenvalue weighted by molar-refractivity contribution is 6.81. The highest BCUT2D eigenvalue weighted by Gasteiger charge is 2.19. The van der Waals surface area contributed by atoms with E-state index in [-0.39, 0.29) is 12.3 Å².